The van der Waals surface area contributed by atoms with Crippen LogP contribution in [0.2, 0.25) is 0 Å². The third kappa shape index (κ3) is 5.34. The van der Waals surface area contributed by atoms with Crippen molar-refractivity contribution < 1.29 is 17.6 Å². The van der Waals surface area contributed by atoms with Crippen LogP contribution in [-0.2, 0) is 16.6 Å². The van der Waals surface area contributed by atoms with Crippen molar-refractivity contribution >= 4 is 27.3 Å². The van der Waals surface area contributed by atoms with Gasteiger partial charge in [-0.1, -0.05) is 18.6 Å². The van der Waals surface area contributed by atoms with Crippen molar-refractivity contribution in [2.45, 2.75) is 49.6 Å². The number of nitrogens with one attached hydrogen (secondary N) is 1. The highest BCUT2D eigenvalue weighted by molar-refractivity contribution is 7.89. The highest BCUT2D eigenvalue weighted by Crippen LogP contribution is 2.27. The fourth-order valence-electron chi connectivity index (χ4n) is 4.24. The lowest BCUT2D eigenvalue weighted by Gasteiger charge is -2.32. The van der Waals surface area contributed by atoms with Crippen LogP contribution in [0.15, 0.2) is 40.6 Å². The summed E-state index contributed by atoms with van der Waals surface area (Å²) in [5, 5.41) is 4.72. The minimum Gasteiger partial charge on any atom is -0.348 e. The molecule has 1 N–H and O–H groups in total. The van der Waals surface area contributed by atoms with Crippen molar-refractivity contribution in [3.05, 3.63) is 52.0 Å². The van der Waals surface area contributed by atoms with E-state index in [-0.39, 0.29) is 27.5 Å². The number of benzene rings is 1. The minimum absolute atomic E-state index is 0.0182. The second kappa shape index (κ2) is 9.77. The highest BCUT2D eigenvalue weighted by atomic mass is 32.2. The van der Waals surface area contributed by atoms with Gasteiger partial charge in [-0.2, -0.15) is 4.31 Å². The van der Waals surface area contributed by atoms with Gasteiger partial charge in [0.2, 0.25) is 10.0 Å². The molecule has 168 valence electrons. The van der Waals surface area contributed by atoms with Gasteiger partial charge in [-0.25, -0.2) is 12.8 Å². The first-order valence-electron chi connectivity index (χ1n) is 10.8. The second-order valence-corrected chi connectivity index (χ2v) is 11.1. The lowest BCUT2D eigenvalue weighted by molar-refractivity contribution is 0.0910. The molecule has 1 aromatic carbocycles. The monoisotopic (exact) mass is 465 g/mol. The molecule has 0 aliphatic carbocycles. The Labute approximate surface area is 187 Å². The van der Waals surface area contributed by atoms with Crippen molar-refractivity contribution in [1.29, 1.82) is 0 Å². The maximum Gasteiger partial charge on any atom is 0.262 e. The number of halogens is 1. The summed E-state index contributed by atoms with van der Waals surface area (Å²) in [6.07, 6.45) is 4.37. The summed E-state index contributed by atoms with van der Waals surface area (Å²) in [7, 11) is -3.63. The minimum atomic E-state index is -3.63. The van der Waals surface area contributed by atoms with Gasteiger partial charge in [0.15, 0.2) is 0 Å². The molecule has 0 bridgehead atoms. The van der Waals surface area contributed by atoms with Crippen LogP contribution in [0.25, 0.3) is 0 Å². The molecule has 2 aliphatic rings. The van der Waals surface area contributed by atoms with Crippen LogP contribution >= 0.6 is 11.3 Å². The summed E-state index contributed by atoms with van der Waals surface area (Å²) in [4.78, 5) is 15.6. The Morgan fingerprint density at radius 1 is 1.03 bits per heavy atom. The van der Waals surface area contributed by atoms with Crippen LogP contribution in [0.4, 0.5) is 4.39 Å². The lowest BCUT2D eigenvalue weighted by Crippen LogP contribution is -2.44. The van der Waals surface area contributed by atoms with Gasteiger partial charge in [0.25, 0.3) is 5.91 Å². The number of hydrogen-bond acceptors (Lipinski definition) is 5. The third-order valence-electron chi connectivity index (χ3n) is 6.01. The summed E-state index contributed by atoms with van der Waals surface area (Å²) in [6.45, 7) is 3.44. The smallest absolute Gasteiger partial charge is 0.262 e. The van der Waals surface area contributed by atoms with E-state index in [1.165, 1.54) is 27.8 Å². The molecule has 31 heavy (non-hydrogen) atoms. The normalized spacial score (nSPS) is 19.4. The van der Waals surface area contributed by atoms with Crippen LogP contribution in [0.5, 0.6) is 0 Å². The molecule has 2 saturated heterocycles. The summed E-state index contributed by atoms with van der Waals surface area (Å²) in [6, 6.07) is 8.10. The van der Waals surface area contributed by atoms with E-state index in [4.69, 9.17) is 0 Å². The van der Waals surface area contributed by atoms with Crippen LogP contribution < -0.4 is 5.32 Å². The summed E-state index contributed by atoms with van der Waals surface area (Å²) in [5.41, 5.74) is 1.06. The quantitative estimate of drug-likeness (QED) is 0.709. The van der Waals surface area contributed by atoms with Gasteiger partial charge in [0.1, 0.15) is 15.6 Å². The molecule has 9 heteroatoms. The number of hydrogen-bond donors (Lipinski definition) is 1. The predicted octanol–water partition coefficient (Wildman–Crippen LogP) is 3.46. The van der Waals surface area contributed by atoms with E-state index < -0.39 is 10.0 Å². The zero-order chi connectivity index (χ0) is 21.8. The third-order valence-corrected chi connectivity index (χ3v) is 8.99. The van der Waals surface area contributed by atoms with Gasteiger partial charge < -0.3 is 5.32 Å². The number of thiophene rings is 1. The van der Waals surface area contributed by atoms with Gasteiger partial charge in [-0.05, 0) is 54.8 Å². The Morgan fingerprint density at radius 2 is 1.71 bits per heavy atom. The SMILES string of the molecule is O=C(NC1CCN(Cc2ccc(F)cc2)CC1)c1sccc1S(=O)(=O)N1CCCCC1. The number of sulfonamides is 1. The summed E-state index contributed by atoms with van der Waals surface area (Å²) in [5.74, 6) is -0.539. The maximum absolute atomic E-state index is 13.1. The first-order chi connectivity index (χ1) is 14.9. The van der Waals surface area contributed by atoms with E-state index in [1.54, 1.807) is 23.6 Å². The molecular formula is C22H28FN3O3S2. The molecule has 0 radical (unpaired) electrons. The molecule has 0 atom stereocenters. The zero-order valence-corrected chi connectivity index (χ0v) is 19.1. The van der Waals surface area contributed by atoms with Gasteiger partial charge in [0.05, 0.1) is 0 Å². The summed E-state index contributed by atoms with van der Waals surface area (Å²) < 4.78 is 40.6. The fourth-order valence-corrected chi connectivity index (χ4v) is 7.07. The lowest BCUT2D eigenvalue weighted by atomic mass is 10.0. The Kier molecular flexibility index (Phi) is 7.05. The van der Waals surface area contributed by atoms with Crippen LogP contribution in [0, 0.1) is 5.82 Å². The van der Waals surface area contributed by atoms with Crippen LogP contribution in [0.1, 0.15) is 47.3 Å². The van der Waals surface area contributed by atoms with E-state index in [1.807, 2.05) is 0 Å². The van der Waals surface area contributed by atoms with Crippen molar-refractivity contribution in [3.8, 4) is 0 Å². The number of carbonyl (C=O) groups is 1. The van der Waals surface area contributed by atoms with E-state index in [9.17, 15) is 17.6 Å². The molecule has 4 rings (SSSR count). The van der Waals surface area contributed by atoms with Crippen LogP contribution in [-0.4, -0.2) is 55.8 Å². The zero-order valence-electron chi connectivity index (χ0n) is 17.4. The average molecular weight is 466 g/mol. The maximum atomic E-state index is 13.1. The Morgan fingerprint density at radius 3 is 2.39 bits per heavy atom. The molecule has 2 aliphatic heterocycles. The number of nitrogens with zero attached hydrogens (tertiary/aromatic N) is 2. The molecule has 2 aromatic rings. The van der Waals surface area contributed by atoms with Gasteiger partial charge in [0, 0.05) is 38.8 Å². The highest BCUT2D eigenvalue weighted by Gasteiger charge is 2.32. The number of likely N-dealkylation sites (tertiary alicyclic amines) is 1. The molecule has 0 unspecified atom stereocenters. The second-order valence-electron chi connectivity index (χ2n) is 8.23. The molecule has 2 fully saturated rings. The van der Waals surface area contributed by atoms with Gasteiger partial charge in [-0.15, -0.1) is 11.3 Å². The topological polar surface area (TPSA) is 69.7 Å². The Balaban J connectivity index is 1.34. The van der Waals surface area contributed by atoms with Gasteiger partial charge >= 0.3 is 0 Å². The van der Waals surface area contributed by atoms with Crippen LogP contribution in [0.3, 0.4) is 0 Å². The molecular weight excluding hydrogens is 437 g/mol. The standard InChI is InChI=1S/C22H28FN3O3S2/c23-18-6-4-17(5-7-18)16-25-13-8-19(9-14-25)24-22(27)21-20(10-15-30-21)31(28,29)26-11-2-1-3-12-26/h4-7,10,15,19H,1-3,8-9,11-14,16H2,(H,24,27). The first kappa shape index (κ1) is 22.4. The van der Waals surface area contributed by atoms with Gasteiger partial charge in [-0.3, -0.25) is 9.69 Å². The van der Waals surface area contributed by atoms with Crippen molar-refractivity contribution in [3.63, 3.8) is 0 Å². The fraction of sp³-hybridized carbons (Fsp3) is 0.500. The molecule has 1 amide bonds. The van der Waals surface area contributed by atoms with Crippen molar-refractivity contribution in [1.82, 2.24) is 14.5 Å². The number of rotatable bonds is 6. The van der Waals surface area contributed by atoms with E-state index in [2.05, 4.69) is 10.2 Å². The Hall–Kier alpha value is -1.81. The van der Waals surface area contributed by atoms with Crippen molar-refractivity contribution in [2.75, 3.05) is 26.2 Å². The average Bonchev–Trinajstić information content (AvgIpc) is 3.28. The number of carbonyl (C=O) groups excluding carboxylic acids is 1. The first-order valence-corrected chi connectivity index (χ1v) is 13.1. The van der Waals surface area contributed by atoms with E-state index in [0.29, 0.717) is 13.1 Å². The summed E-state index contributed by atoms with van der Waals surface area (Å²) >= 11 is 1.18. The van der Waals surface area contributed by atoms with E-state index in [0.717, 1.165) is 57.3 Å². The number of piperidine rings is 2. The molecule has 3 heterocycles. The molecule has 0 saturated carbocycles. The number of amides is 1. The Bertz CT molecular complexity index is 993. The molecule has 1 aromatic heterocycles. The van der Waals surface area contributed by atoms with Crippen molar-refractivity contribution in [2.24, 2.45) is 0 Å². The molecule has 6 nitrogen and oxygen atoms in total. The predicted molar refractivity (Wildman–Crippen MR) is 119 cm³/mol. The largest absolute Gasteiger partial charge is 0.348 e. The molecule has 0 spiro atoms. The van der Waals surface area contributed by atoms with E-state index >= 15 is 0 Å².